The highest BCUT2D eigenvalue weighted by atomic mass is 79.9. The van der Waals surface area contributed by atoms with Gasteiger partial charge in [-0.25, -0.2) is 4.79 Å². The fourth-order valence-corrected chi connectivity index (χ4v) is 5.04. The van der Waals surface area contributed by atoms with E-state index in [2.05, 4.69) is 26.4 Å². The molecule has 3 unspecified atom stereocenters. The van der Waals surface area contributed by atoms with E-state index in [4.69, 9.17) is 24.2 Å². The lowest BCUT2D eigenvalue weighted by Gasteiger charge is -2.49. The van der Waals surface area contributed by atoms with Crippen LogP contribution < -0.4 is 5.32 Å². The Hall–Kier alpha value is -2.49. The topological polar surface area (TPSA) is 170 Å². The van der Waals surface area contributed by atoms with Crippen LogP contribution >= 0.6 is 27.7 Å². The van der Waals surface area contributed by atoms with Gasteiger partial charge >= 0.3 is 11.9 Å². The molecule has 15 heteroatoms. The molecule has 0 bridgehead atoms. The smallest absolute Gasteiger partial charge is 0.358 e. The Morgan fingerprint density at radius 3 is 2.53 bits per heavy atom. The summed E-state index contributed by atoms with van der Waals surface area (Å²) in [5, 5.41) is 13.2. The zero-order valence-corrected chi connectivity index (χ0v) is 24.1. The molecule has 1 fully saturated rings. The minimum absolute atomic E-state index is 0.0132. The van der Waals surface area contributed by atoms with Crippen LogP contribution in [0.25, 0.3) is 0 Å². The average Bonchev–Trinajstić information content (AvgIpc) is 2.86. The van der Waals surface area contributed by atoms with Crippen LogP contribution in [0.15, 0.2) is 16.4 Å². The minimum atomic E-state index is -1.40. The van der Waals surface area contributed by atoms with E-state index in [1.807, 2.05) is 0 Å². The number of ketones is 1. The molecule has 0 aliphatic carbocycles. The summed E-state index contributed by atoms with van der Waals surface area (Å²) in [5.41, 5.74) is -0.412. The van der Waals surface area contributed by atoms with Crippen molar-refractivity contribution in [2.24, 2.45) is 16.5 Å². The minimum Gasteiger partial charge on any atom is -0.425 e. The van der Waals surface area contributed by atoms with Gasteiger partial charge in [-0.2, -0.15) is 0 Å². The number of nitrogens with zero attached hydrogens (tertiary/aromatic N) is 2. The second-order valence-electron chi connectivity index (χ2n) is 9.36. The van der Waals surface area contributed by atoms with Crippen LogP contribution in [0.4, 0.5) is 0 Å². The molecule has 1 saturated heterocycles. The van der Waals surface area contributed by atoms with Crippen molar-refractivity contribution in [3.8, 4) is 0 Å². The average molecular weight is 622 g/mol. The SMILES string of the molecule is COCCOCC1=C(C(=O)OC(C)OC(=O)C(C)(C)C)N2C(=O)C(NC(=O)C(/C=N\O)C(=O)CBr)[C@H]2SC1. The van der Waals surface area contributed by atoms with Gasteiger partial charge in [-0.1, -0.05) is 15.9 Å². The molecule has 0 aromatic rings. The third-order valence-corrected chi connectivity index (χ3v) is 7.27. The monoisotopic (exact) mass is 621 g/mol. The van der Waals surface area contributed by atoms with Gasteiger partial charge in [0, 0.05) is 19.8 Å². The molecule has 0 aromatic heterocycles. The largest absolute Gasteiger partial charge is 0.425 e. The van der Waals surface area contributed by atoms with E-state index in [0.717, 1.165) is 6.21 Å². The molecule has 4 atom stereocenters. The summed E-state index contributed by atoms with van der Waals surface area (Å²) in [7, 11) is 1.52. The van der Waals surface area contributed by atoms with Crippen molar-refractivity contribution in [2.45, 2.75) is 45.4 Å². The molecule has 0 spiro atoms. The van der Waals surface area contributed by atoms with E-state index >= 15 is 0 Å². The number of nitrogens with one attached hydrogen (secondary N) is 1. The molecule has 0 aromatic carbocycles. The van der Waals surface area contributed by atoms with Crippen molar-refractivity contribution in [1.29, 1.82) is 0 Å². The molecule has 0 radical (unpaired) electrons. The van der Waals surface area contributed by atoms with E-state index < -0.39 is 58.6 Å². The quantitative estimate of drug-likeness (QED) is 0.0343. The lowest BCUT2D eigenvalue weighted by molar-refractivity contribution is -0.190. The highest BCUT2D eigenvalue weighted by molar-refractivity contribution is 9.09. The third-order valence-electron chi connectivity index (χ3n) is 5.38. The molecule has 38 heavy (non-hydrogen) atoms. The van der Waals surface area contributed by atoms with E-state index in [9.17, 15) is 24.0 Å². The van der Waals surface area contributed by atoms with Gasteiger partial charge in [0.25, 0.3) is 5.91 Å². The van der Waals surface area contributed by atoms with Gasteiger partial charge in [0.05, 0.1) is 36.8 Å². The van der Waals surface area contributed by atoms with Gasteiger partial charge < -0.3 is 29.5 Å². The maximum atomic E-state index is 13.2. The Bertz CT molecular complexity index is 996. The lowest BCUT2D eigenvalue weighted by Crippen LogP contribution is -2.71. The number of hydrogen-bond acceptors (Lipinski definition) is 12. The van der Waals surface area contributed by atoms with Gasteiger partial charge in [0.2, 0.25) is 12.2 Å². The van der Waals surface area contributed by atoms with Crippen molar-refractivity contribution < 1.29 is 48.1 Å². The number of amides is 2. The van der Waals surface area contributed by atoms with Crippen LogP contribution in [0.1, 0.15) is 27.7 Å². The standard InChI is InChI=1S/C23H32BrN3O10S/c1-12(37-22(32)23(2,3)4)36-21(31)17-13(10-35-7-6-34-5)11-38-20-16(19(30)27(17)20)26-18(29)14(9-25-33)15(28)8-24/h9,12,14,16,20,33H,6-8,10-11H2,1-5H3,(H,26,29)/b25-9-/t12?,14?,16?,20-/m1/s1. The first-order valence-corrected chi connectivity index (χ1v) is 13.8. The van der Waals surface area contributed by atoms with Crippen LogP contribution in [-0.2, 0) is 42.9 Å². The summed E-state index contributed by atoms with van der Waals surface area (Å²) < 4.78 is 21.1. The van der Waals surface area contributed by atoms with Crippen LogP contribution in [-0.4, -0.2) is 102 Å². The van der Waals surface area contributed by atoms with Crippen molar-refractivity contribution in [2.75, 3.05) is 38.0 Å². The molecule has 2 aliphatic heterocycles. The number of Topliss-reactive ketones (excluding diaryl/α,β-unsaturated/α-hetero) is 1. The zero-order valence-electron chi connectivity index (χ0n) is 21.7. The third kappa shape index (κ3) is 7.77. The number of oxime groups is 1. The van der Waals surface area contributed by atoms with Crippen LogP contribution in [0.5, 0.6) is 0 Å². The highest BCUT2D eigenvalue weighted by Crippen LogP contribution is 2.41. The number of alkyl halides is 1. The summed E-state index contributed by atoms with van der Waals surface area (Å²) in [6.45, 7) is 6.93. The summed E-state index contributed by atoms with van der Waals surface area (Å²) in [6, 6.07) is -1.04. The van der Waals surface area contributed by atoms with Gasteiger partial charge in [-0.15, -0.1) is 16.9 Å². The number of carbonyl (C=O) groups is 5. The van der Waals surface area contributed by atoms with E-state index in [1.165, 1.54) is 30.7 Å². The maximum absolute atomic E-state index is 13.2. The number of rotatable bonds is 13. The number of carbonyl (C=O) groups excluding carboxylic acids is 5. The predicted octanol–water partition coefficient (Wildman–Crippen LogP) is 0.822. The number of halogens is 1. The Kier molecular flexibility index (Phi) is 11.7. The first kappa shape index (κ1) is 31.7. The normalized spacial score (nSPS) is 20.9. The van der Waals surface area contributed by atoms with E-state index in [0.29, 0.717) is 12.2 Å². The first-order valence-electron chi connectivity index (χ1n) is 11.6. The Labute approximate surface area is 232 Å². The fourth-order valence-electron chi connectivity index (χ4n) is 3.37. The highest BCUT2D eigenvalue weighted by Gasteiger charge is 2.55. The second kappa shape index (κ2) is 14.1. The number of hydrogen-bond donors (Lipinski definition) is 2. The summed E-state index contributed by atoms with van der Waals surface area (Å²) in [4.78, 5) is 64.4. The molecular weight excluding hydrogens is 590 g/mol. The van der Waals surface area contributed by atoms with Crippen molar-refractivity contribution in [3.63, 3.8) is 0 Å². The molecule has 2 heterocycles. The van der Waals surface area contributed by atoms with Crippen LogP contribution in [0.2, 0.25) is 0 Å². The van der Waals surface area contributed by atoms with Crippen LogP contribution in [0, 0.1) is 11.3 Å². The number of fused-ring (bicyclic) bond motifs is 1. The van der Waals surface area contributed by atoms with Gasteiger partial charge in [0.1, 0.15) is 23.0 Å². The molecule has 13 nitrogen and oxygen atoms in total. The fraction of sp³-hybridized carbons (Fsp3) is 0.652. The van der Waals surface area contributed by atoms with Crippen molar-refractivity contribution >= 4 is 63.4 Å². The summed E-state index contributed by atoms with van der Waals surface area (Å²) in [5.74, 6) is -4.60. The molecule has 2 amide bonds. The molecule has 212 valence electrons. The van der Waals surface area contributed by atoms with E-state index in [-0.39, 0.29) is 30.0 Å². The molecule has 0 saturated carbocycles. The zero-order chi connectivity index (χ0) is 28.6. The number of β-lactam (4-membered cyclic amide) rings is 1. The van der Waals surface area contributed by atoms with Crippen molar-refractivity contribution in [3.05, 3.63) is 11.3 Å². The van der Waals surface area contributed by atoms with Crippen LogP contribution in [0.3, 0.4) is 0 Å². The summed E-state index contributed by atoms with van der Waals surface area (Å²) >= 11 is 4.25. The number of thioether (sulfide) groups is 1. The number of methoxy groups -OCH3 is 1. The first-order chi connectivity index (χ1) is 17.9. The summed E-state index contributed by atoms with van der Waals surface area (Å²) in [6.07, 6.45) is -0.460. The molecular formula is C23H32BrN3O10S. The second-order valence-corrected chi connectivity index (χ2v) is 11.0. The number of esters is 2. The van der Waals surface area contributed by atoms with E-state index in [1.54, 1.807) is 20.8 Å². The molecule has 2 rings (SSSR count). The van der Waals surface area contributed by atoms with Crippen molar-refractivity contribution in [1.82, 2.24) is 10.2 Å². The lowest BCUT2D eigenvalue weighted by atomic mass is 9.97. The number of ether oxygens (including phenoxy) is 4. The molecule has 2 N–H and O–H groups in total. The Balaban J connectivity index is 2.23. The maximum Gasteiger partial charge on any atom is 0.358 e. The Morgan fingerprint density at radius 1 is 1.26 bits per heavy atom. The Morgan fingerprint density at radius 2 is 1.95 bits per heavy atom. The van der Waals surface area contributed by atoms with Gasteiger partial charge in [-0.3, -0.25) is 24.1 Å². The van der Waals surface area contributed by atoms with Gasteiger partial charge in [0.15, 0.2) is 5.78 Å². The predicted molar refractivity (Wildman–Crippen MR) is 138 cm³/mol. The van der Waals surface area contributed by atoms with Gasteiger partial charge in [-0.05, 0) is 26.3 Å². The molecule has 2 aliphatic rings.